The van der Waals surface area contributed by atoms with Gasteiger partial charge in [-0.25, -0.2) is 4.98 Å². The van der Waals surface area contributed by atoms with Crippen LogP contribution in [-0.4, -0.2) is 42.1 Å². The van der Waals surface area contributed by atoms with Crippen LogP contribution in [0.25, 0.3) is 11.3 Å². The predicted octanol–water partition coefficient (Wildman–Crippen LogP) is 4.29. The van der Waals surface area contributed by atoms with E-state index in [-0.39, 0.29) is 29.9 Å². The minimum atomic E-state index is -0.485. The Morgan fingerprint density at radius 2 is 1.91 bits per heavy atom. The number of thiazole rings is 1. The molecular formula is C23H21ClN4O3S2. The molecule has 1 aromatic heterocycles. The Labute approximate surface area is 204 Å². The van der Waals surface area contributed by atoms with E-state index in [2.05, 4.69) is 15.6 Å². The number of rotatable bonds is 7. The number of carbonyl (C=O) groups is 3. The van der Waals surface area contributed by atoms with Crippen LogP contribution in [0.15, 0.2) is 58.9 Å². The average Bonchev–Trinajstić information content (AvgIpc) is 3.42. The number of hydrogen-bond acceptors (Lipinski definition) is 6. The van der Waals surface area contributed by atoms with E-state index in [0.717, 1.165) is 11.3 Å². The van der Waals surface area contributed by atoms with Gasteiger partial charge < -0.3 is 15.5 Å². The number of aromatic nitrogens is 1. The van der Waals surface area contributed by atoms with Gasteiger partial charge in [-0.15, -0.1) is 0 Å². The molecule has 3 amide bonds. The summed E-state index contributed by atoms with van der Waals surface area (Å²) in [4.78, 5) is 43.5. The normalized spacial score (nSPS) is 15.5. The summed E-state index contributed by atoms with van der Waals surface area (Å²) in [5, 5.41) is 6.75. The molecule has 1 fully saturated rings. The summed E-state index contributed by atoms with van der Waals surface area (Å²) in [7, 11) is 1.59. The van der Waals surface area contributed by atoms with Crippen LogP contribution in [0.3, 0.4) is 0 Å². The van der Waals surface area contributed by atoms with Gasteiger partial charge in [-0.2, -0.15) is 0 Å². The number of anilines is 2. The summed E-state index contributed by atoms with van der Waals surface area (Å²) in [5.74, 6) is -0.691. The molecule has 10 heteroatoms. The van der Waals surface area contributed by atoms with E-state index in [1.54, 1.807) is 36.2 Å². The Morgan fingerprint density at radius 3 is 2.61 bits per heavy atom. The summed E-state index contributed by atoms with van der Waals surface area (Å²) < 4.78 is 0.679. The van der Waals surface area contributed by atoms with Crippen molar-refractivity contribution in [3.05, 3.63) is 59.6 Å². The van der Waals surface area contributed by atoms with E-state index >= 15 is 0 Å². The topological polar surface area (TPSA) is 91.4 Å². The van der Waals surface area contributed by atoms with Crippen LogP contribution in [0.4, 0.5) is 10.7 Å². The molecule has 1 unspecified atom stereocenters. The lowest BCUT2D eigenvalue weighted by Crippen LogP contribution is -2.28. The van der Waals surface area contributed by atoms with Crippen LogP contribution in [0.5, 0.6) is 0 Å². The van der Waals surface area contributed by atoms with E-state index in [1.807, 2.05) is 30.3 Å². The number of carbonyl (C=O) groups excluding carboxylic acids is 3. The highest BCUT2D eigenvalue weighted by atomic mass is 35.5. The first-order chi connectivity index (χ1) is 15.9. The van der Waals surface area contributed by atoms with Gasteiger partial charge >= 0.3 is 0 Å². The van der Waals surface area contributed by atoms with Crippen molar-refractivity contribution >= 4 is 63.1 Å². The monoisotopic (exact) mass is 500 g/mol. The number of nitrogens with one attached hydrogen (secondary N) is 2. The highest BCUT2D eigenvalue weighted by Gasteiger charge is 2.35. The zero-order valence-corrected chi connectivity index (χ0v) is 20.1. The quantitative estimate of drug-likeness (QED) is 0.472. The molecule has 1 aliphatic heterocycles. The van der Waals surface area contributed by atoms with Crippen molar-refractivity contribution in [2.24, 2.45) is 5.92 Å². The van der Waals surface area contributed by atoms with E-state index in [4.69, 9.17) is 11.6 Å². The molecule has 4 rings (SSSR count). The zero-order chi connectivity index (χ0) is 23.4. The maximum Gasteiger partial charge on any atom is 0.230 e. The highest BCUT2D eigenvalue weighted by Crippen LogP contribution is 2.38. The molecule has 33 heavy (non-hydrogen) atoms. The van der Waals surface area contributed by atoms with Crippen LogP contribution in [0.2, 0.25) is 5.02 Å². The molecular weight excluding hydrogens is 480 g/mol. The Hall–Kier alpha value is -2.88. The van der Waals surface area contributed by atoms with Crippen molar-refractivity contribution in [3.8, 4) is 11.3 Å². The van der Waals surface area contributed by atoms with Gasteiger partial charge in [0.05, 0.1) is 11.7 Å². The highest BCUT2D eigenvalue weighted by molar-refractivity contribution is 8.01. The summed E-state index contributed by atoms with van der Waals surface area (Å²) >= 11 is 8.58. The lowest BCUT2D eigenvalue weighted by atomic mass is 10.1. The van der Waals surface area contributed by atoms with E-state index in [9.17, 15) is 14.4 Å². The summed E-state index contributed by atoms with van der Waals surface area (Å²) in [5.41, 5.74) is 2.23. The van der Waals surface area contributed by atoms with E-state index < -0.39 is 5.92 Å². The Bertz CT molecular complexity index is 1170. The predicted molar refractivity (Wildman–Crippen MR) is 133 cm³/mol. The fourth-order valence-corrected chi connectivity index (χ4v) is 5.47. The largest absolute Gasteiger partial charge is 0.358 e. The van der Waals surface area contributed by atoms with Crippen molar-refractivity contribution in [1.82, 2.24) is 10.3 Å². The second kappa shape index (κ2) is 10.4. The van der Waals surface area contributed by atoms with Gasteiger partial charge in [-0.3, -0.25) is 14.4 Å². The van der Waals surface area contributed by atoms with Gasteiger partial charge in [0.15, 0.2) is 4.34 Å². The third-order valence-electron chi connectivity index (χ3n) is 5.13. The van der Waals surface area contributed by atoms with Crippen LogP contribution >= 0.6 is 34.7 Å². The summed E-state index contributed by atoms with van der Waals surface area (Å²) in [6, 6.07) is 16.5. The fourth-order valence-electron chi connectivity index (χ4n) is 3.41. The molecule has 2 aromatic carbocycles. The van der Waals surface area contributed by atoms with Crippen LogP contribution < -0.4 is 15.5 Å². The fraction of sp³-hybridized carbons (Fsp3) is 0.217. The molecule has 1 aliphatic rings. The van der Waals surface area contributed by atoms with E-state index in [0.29, 0.717) is 26.6 Å². The minimum Gasteiger partial charge on any atom is -0.358 e. The maximum atomic E-state index is 13.1. The second-order valence-corrected chi connectivity index (χ2v) is 10.0. The lowest BCUT2D eigenvalue weighted by Gasteiger charge is -2.16. The van der Waals surface area contributed by atoms with Crippen molar-refractivity contribution in [3.63, 3.8) is 0 Å². The third kappa shape index (κ3) is 5.55. The van der Waals surface area contributed by atoms with Gasteiger partial charge in [0, 0.05) is 36.3 Å². The molecule has 1 atom stereocenters. The molecule has 0 aliphatic carbocycles. The van der Waals surface area contributed by atoms with Crippen molar-refractivity contribution in [1.29, 1.82) is 0 Å². The lowest BCUT2D eigenvalue weighted by molar-refractivity contribution is -0.122. The molecule has 7 nitrogen and oxygen atoms in total. The number of amides is 3. The third-order valence-corrected chi connectivity index (χ3v) is 7.50. The number of nitrogens with zero attached hydrogens (tertiary/aromatic N) is 2. The molecule has 0 radical (unpaired) electrons. The minimum absolute atomic E-state index is 0.103. The van der Waals surface area contributed by atoms with Crippen molar-refractivity contribution in [2.45, 2.75) is 10.8 Å². The molecule has 1 saturated heterocycles. The van der Waals surface area contributed by atoms with Gasteiger partial charge in [0.25, 0.3) is 0 Å². The smallest absolute Gasteiger partial charge is 0.230 e. The summed E-state index contributed by atoms with van der Waals surface area (Å²) in [6.45, 7) is 0.296. The zero-order valence-electron chi connectivity index (χ0n) is 17.7. The van der Waals surface area contributed by atoms with Crippen molar-refractivity contribution < 1.29 is 14.4 Å². The first kappa shape index (κ1) is 23.3. The molecule has 2 heterocycles. The average molecular weight is 501 g/mol. The summed E-state index contributed by atoms with van der Waals surface area (Å²) in [6.07, 6.45) is 0.131. The molecule has 0 saturated carbocycles. The second-order valence-electron chi connectivity index (χ2n) is 7.36. The Kier molecular flexibility index (Phi) is 7.32. The number of hydrogen-bond donors (Lipinski definition) is 2. The van der Waals surface area contributed by atoms with Crippen LogP contribution in [0, 0.1) is 5.92 Å². The molecule has 170 valence electrons. The molecule has 0 spiro atoms. The standard InChI is InChI=1S/C23H21ClN4O3S2/c1-25-18(29)13-32-23-26-20(14-5-3-2-4-6-14)22(33-23)27-21(31)15-11-19(30)28(12-15)17-9-7-16(24)8-10-17/h2-10,15H,11-13H2,1H3,(H,25,29)(H,27,31). The van der Waals surface area contributed by atoms with Gasteiger partial charge in [-0.05, 0) is 24.3 Å². The van der Waals surface area contributed by atoms with Crippen LogP contribution in [0.1, 0.15) is 6.42 Å². The molecule has 2 N–H and O–H groups in total. The number of halogens is 1. The van der Waals surface area contributed by atoms with Gasteiger partial charge in [-0.1, -0.05) is 65.0 Å². The first-order valence-electron chi connectivity index (χ1n) is 10.2. The maximum absolute atomic E-state index is 13.1. The van der Waals surface area contributed by atoms with E-state index in [1.165, 1.54) is 23.1 Å². The van der Waals surface area contributed by atoms with Crippen molar-refractivity contribution in [2.75, 3.05) is 29.6 Å². The Balaban J connectivity index is 1.52. The first-order valence-corrected chi connectivity index (χ1v) is 12.4. The Morgan fingerprint density at radius 1 is 1.18 bits per heavy atom. The van der Waals surface area contributed by atoms with Gasteiger partial charge in [0.2, 0.25) is 17.7 Å². The van der Waals surface area contributed by atoms with Crippen LogP contribution in [-0.2, 0) is 14.4 Å². The molecule has 0 bridgehead atoms. The number of thioether (sulfide) groups is 1. The molecule has 3 aromatic rings. The number of benzene rings is 2. The van der Waals surface area contributed by atoms with Gasteiger partial charge in [0.1, 0.15) is 10.7 Å². The SMILES string of the molecule is CNC(=O)CSc1nc(-c2ccccc2)c(NC(=O)C2CC(=O)N(c3ccc(Cl)cc3)C2)s1.